The highest BCUT2D eigenvalue weighted by Gasteiger charge is 2.38. The van der Waals surface area contributed by atoms with Crippen molar-refractivity contribution >= 4 is 10.0 Å². The lowest BCUT2D eigenvalue weighted by molar-refractivity contribution is 0.376. The molecular formula is C10H14N6O2S. The summed E-state index contributed by atoms with van der Waals surface area (Å²) < 4.78 is 28.3. The molecule has 102 valence electrons. The minimum Gasteiger partial charge on any atom is -0.319 e. The van der Waals surface area contributed by atoms with Crippen LogP contribution in [-0.4, -0.2) is 44.2 Å². The Labute approximate surface area is 110 Å². The second-order valence-corrected chi connectivity index (χ2v) is 6.40. The van der Waals surface area contributed by atoms with Crippen LogP contribution in [0, 0.1) is 0 Å². The quantitative estimate of drug-likeness (QED) is 0.859. The number of hydrogen-bond donors (Lipinski definition) is 1. The topological polar surface area (TPSA) is 96.8 Å². The van der Waals surface area contributed by atoms with E-state index in [1.54, 1.807) is 10.9 Å². The van der Waals surface area contributed by atoms with Gasteiger partial charge in [-0.05, 0) is 12.8 Å². The number of aryl methyl sites for hydroxylation is 1. The molecule has 1 aliphatic rings. The molecule has 0 amide bonds. The van der Waals surface area contributed by atoms with Gasteiger partial charge in [0.15, 0.2) is 5.82 Å². The van der Waals surface area contributed by atoms with Gasteiger partial charge in [0, 0.05) is 19.8 Å². The summed E-state index contributed by atoms with van der Waals surface area (Å²) in [5, 5.41) is 14.1. The molecule has 1 aliphatic heterocycles. The average molecular weight is 282 g/mol. The van der Waals surface area contributed by atoms with E-state index in [2.05, 4.69) is 20.4 Å². The molecule has 1 saturated heterocycles. The molecule has 8 nitrogen and oxygen atoms in total. The summed E-state index contributed by atoms with van der Waals surface area (Å²) in [6, 6.07) is -0.257. The van der Waals surface area contributed by atoms with Crippen molar-refractivity contribution < 1.29 is 8.42 Å². The molecule has 0 bridgehead atoms. The Kier molecular flexibility index (Phi) is 2.86. The molecule has 19 heavy (non-hydrogen) atoms. The van der Waals surface area contributed by atoms with Crippen LogP contribution in [0.25, 0.3) is 0 Å². The molecule has 1 unspecified atom stereocenters. The number of nitrogens with zero attached hydrogens (tertiary/aromatic N) is 5. The fourth-order valence-electron chi connectivity index (χ4n) is 2.40. The molecule has 1 fully saturated rings. The smallest absolute Gasteiger partial charge is 0.246 e. The van der Waals surface area contributed by atoms with Gasteiger partial charge in [-0.15, -0.1) is 10.2 Å². The van der Waals surface area contributed by atoms with Gasteiger partial charge in [-0.25, -0.2) is 8.42 Å². The third-order valence-corrected chi connectivity index (χ3v) is 5.20. The standard InChI is InChI=1S/C10H14N6O2S/c1-15-7-13-14-10(15)9-3-2-4-16(9)19(17,18)8-5-11-12-6-8/h5-7,9H,2-4H2,1H3,(H,11,12). The molecule has 0 aliphatic carbocycles. The van der Waals surface area contributed by atoms with Crippen molar-refractivity contribution in [2.24, 2.45) is 7.05 Å². The second-order valence-electron chi connectivity index (χ2n) is 4.51. The predicted octanol–water partition coefficient (Wildman–Crippen LogP) is 0.0640. The van der Waals surface area contributed by atoms with Crippen LogP contribution in [-0.2, 0) is 17.1 Å². The van der Waals surface area contributed by atoms with Crippen LogP contribution in [0.3, 0.4) is 0 Å². The summed E-state index contributed by atoms with van der Waals surface area (Å²) in [6.07, 6.45) is 5.86. The summed E-state index contributed by atoms with van der Waals surface area (Å²) >= 11 is 0. The van der Waals surface area contributed by atoms with Crippen molar-refractivity contribution in [2.45, 2.75) is 23.8 Å². The van der Waals surface area contributed by atoms with Gasteiger partial charge in [0.1, 0.15) is 11.2 Å². The number of aromatic nitrogens is 5. The lowest BCUT2D eigenvalue weighted by Gasteiger charge is -2.22. The van der Waals surface area contributed by atoms with Crippen LogP contribution < -0.4 is 0 Å². The number of sulfonamides is 1. The zero-order valence-corrected chi connectivity index (χ0v) is 11.2. The van der Waals surface area contributed by atoms with Crippen LogP contribution >= 0.6 is 0 Å². The Morgan fingerprint density at radius 2 is 2.32 bits per heavy atom. The van der Waals surface area contributed by atoms with E-state index < -0.39 is 10.0 Å². The largest absolute Gasteiger partial charge is 0.319 e. The van der Waals surface area contributed by atoms with E-state index >= 15 is 0 Å². The van der Waals surface area contributed by atoms with E-state index in [1.165, 1.54) is 16.7 Å². The Morgan fingerprint density at radius 3 is 2.95 bits per heavy atom. The van der Waals surface area contributed by atoms with E-state index in [4.69, 9.17) is 0 Å². The first-order valence-corrected chi connectivity index (χ1v) is 7.39. The molecule has 9 heteroatoms. The Hall–Kier alpha value is -1.74. The number of hydrogen-bond acceptors (Lipinski definition) is 5. The number of nitrogens with one attached hydrogen (secondary N) is 1. The number of H-pyrrole nitrogens is 1. The average Bonchev–Trinajstić information content (AvgIpc) is 3.10. The fraction of sp³-hybridized carbons (Fsp3) is 0.500. The van der Waals surface area contributed by atoms with Crippen molar-refractivity contribution in [1.82, 2.24) is 29.3 Å². The molecule has 1 atom stereocenters. The van der Waals surface area contributed by atoms with E-state index in [0.717, 1.165) is 12.8 Å². The number of aromatic amines is 1. The third-order valence-electron chi connectivity index (χ3n) is 3.33. The zero-order valence-electron chi connectivity index (χ0n) is 10.4. The molecule has 2 aromatic rings. The van der Waals surface area contributed by atoms with Crippen LogP contribution in [0.15, 0.2) is 23.6 Å². The zero-order chi connectivity index (χ0) is 13.5. The van der Waals surface area contributed by atoms with Gasteiger partial charge in [-0.1, -0.05) is 0 Å². The SMILES string of the molecule is Cn1cnnc1C1CCCN1S(=O)(=O)c1cn[nH]c1. The van der Waals surface area contributed by atoms with E-state index in [9.17, 15) is 8.42 Å². The van der Waals surface area contributed by atoms with Gasteiger partial charge in [-0.3, -0.25) is 5.10 Å². The Bertz CT molecular complexity index is 662. The summed E-state index contributed by atoms with van der Waals surface area (Å²) in [5.74, 6) is 0.671. The lowest BCUT2D eigenvalue weighted by atomic mass is 10.2. The van der Waals surface area contributed by atoms with Crippen LogP contribution in [0.1, 0.15) is 24.7 Å². The highest BCUT2D eigenvalue weighted by Crippen LogP contribution is 2.34. The van der Waals surface area contributed by atoms with Gasteiger partial charge < -0.3 is 4.57 Å². The molecule has 0 radical (unpaired) electrons. The van der Waals surface area contributed by atoms with Gasteiger partial charge in [0.2, 0.25) is 10.0 Å². The molecule has 3 heterocycles. The monoisotopic (exact) mass is 282 g/mol. The highest BCUT2D eigenvalue weighted by atomic mass is 32.2. The summed E-state index contributed by atoms with van der Waals surface area (Å²) in [5.41, 5.74) is 0. The van der Waals surface area contributed by atoms with Crippen molar-refractivity contribution in [3.8, 4) is 0 Å². The maximum Gasteiger partial charge on any atom is 0.246 e. The highest BCUT2D eigenvalue weighted by molar-refractivity contribution is 7.89. The van der Waals surface area contributed by atoms with Gasteiger partial charge in [0.05, 0.1) is 12.2 Å². The Balaban J connectivity index is 1.99. The second kappa shape index (κ2) is 4.42. The van der Waals surface area contributed by atoms with Gasteiger partial charge >= 0.3 is 0 Å². The normalized spacial score (nSPS) is 21.0. The predicted molar refractivity (Wildman–Crippen MR) is 65.5 cm³/mol. The maximum atomic E-state index is 12.5. The van der Waals surface area contributed by atoms with Crippen molar-refractivity contribution in [1.29, 1.82) is 0 Å². The minimum atomic E-state index is -3.53. The Morgan fingerprint density at radius 1 is 1.47 bits per heavy atom. The summed E-state index contributed by atoms with van der Waals surface area (Å²) in [4.78, 5) is 0.182. The third kappa shape index (κ3) is 1.94. The summed E-state index contributed by atoms with van der Waals surface area (Å²) in [7, 11) is -1.71. The van der Waals surface area contributed by atoms with Crippen LogP contribution in [0.5, 0.6) is 0 Å². The molecule has 3 rings (SSSR count). The molecule has 2 aromatic heterocycles. The van der Waals surface area contributed by atoms with Crippen LogP contribution in [0.4, 0.5) is 0 Å². The first kappa shape index (κ1) is 12.3. The maximum absolute atomic E-state index is 12.5. The first-order chi connectivity index (χ1) is 9.10. The van der Waals surface area contributed by atoms with Crippen molar-refractivity contribution in [3.63, 3.8) is 0 Å². The van der Waals surface area contributed by atoms with Gasteiger partial charge in [-0.2, -0.15) is 9.40 Å². The number of rotatable bonds is 3. The molecule has 0 aromatic carbocycles. The fourth-order valence-corrected chi connectivity index (χ4v) is 3.96. The molecule has 1 N–H and O–H groups in total. The van der Waals surface area contributed by atoms with Gasteiger partial charge in [0.25, 0.3) is 0 Å². The van der Waals surface area contributed by atoms with Crippen molar-refractivity contribution in [2.75, 3.05) is 6.54 Å². The van der Waals surface area contributed by atoms with E-state index in [-0.39, 0.29) is 10.9 Å². The molecule has 0 spiro atoms. The van der Waals surface area contributed by atoms with Crippen LogP contribution in [0.2, 0.25) is 0 Å². The summed E-state index contributed by atoms with van der Waals surface area (Å²) in [6.45, 7) is 0.491. The van der Waals surface area contributed by atoms with E-state index in [1.807, 2.05) is 7.05 Å². The molecule has 0 saturated carbocycles. The first-order valence-electron chi connectivity index (χ1n) is 5.95. The van der Waals surface area contributed by atoms with Crippen molar-refractivity contribution in [3.05, 3.63) is 24.5 Å². The lowest BCUT2D eigenvalue weighted by Crippen LogP contribution is -2.31. The molecular weight excluding hydrogens is 268 g/mol. The minimum absolute atomic E-state index is 0.182. The van der Waals surface area contributed by atoms with E-state index in [0.29, 0.717) is 12.4 Å².